The van der Waals surface area contributed by atoms with Gasteiger partial charge < -0.3 is 4.90 Å². The van der Waals surface area contributed by atoms with Crippen LogP contribution in [0.25, 0.3) is 0 Å². The summed E-state index contributed by atoms with van der Waals surface area (Å²) in [6.45, 7) is 12.3. The summed E-state index contributed by atoms with van der Waals surface area (Å²) in [5, 5.41) is 15.7. The van der Waals surface area contributed by atoms with Gasteiger partial charge in [-0.2, -0.15) is 0 Å². The van der Waals surface area contributed by atoms with Crippen LogP contribution < -0.4 is 4.90 Å². The van der Waals surface area contributed by atoms with Crippen molar-refractivity contribution in [1.82, 2.24) is 25.1 Å². The van der Waals surface area contributed by atoms with Crippen molar-refractivity contribution in [2.45, 2.75) is 39.3 Å². The van der Waals surface area contributed by atoms with E-state index in [0.29, 0.717) is 0 Å². The van der Waals surface area contributed by atoms with E-state index in [9.17, 15) is 0 Å². The first kappa shape index (κ1) is 20.3. The molecule has 4 rings (SSSR count). The molecule has 29 heavy (non-hydrogen) atoms. The Balaban J connectivity index is 1.60. The number of rotatable bonds is 4. The second kappa shape index (κ2) is 8.05. The molecule has 0 radical (unpaired) electrons. The van der Waals surface area contributed by atoms with Gasteiger partial charge in [0, 0.05) is 41.8 Å². The highest BCUT2D eigenvalue weighted by atomic mass is 35.5. The third-order valence-electron chi connectivity index (χ3n) is 5.38. The van der Waals surface area contributed by atoms with Gasteiger partial charge in [-0.25, -0.2) is 4.68 Å². The van der Waals surface area contributed by atoms with Gasteiger partial charge in [-0.15, -0.1) is 16.4 Å². The van der Waals surface area contributed by atoms with Crippen LogP contribution in [-0.2, 0) is 5.54 Å². The van der Waals surface area contributed by atoms with E-state index in [1.807, 2.05) is 10.7 Å². The van der Waals surface area contributed by atoms with Gasteiger partial charge in [0.05, 0.1) is 5.54 Å². The summed E-state index contributed by atoms with van der Waals surface area (Å²) in [7, 11) is 0. The van der Waals surface area contributed by atoms with Crippen molar-refractivity contribution in [3.63, 3.8) is 0 Å². The number of anilines is 1. The van der Waals surface area contributed by atoms with Gasteiger partial charge in [-0.1, -0.05) is 23.7 Å². The van der Waals surface area contributed by atoms with Crippen molar-refractivity contribution < 1.29 is 0 Å². The van der Waals surface area contributed by atoms with E-state index in [1.54, 1.807) is 11.3 Å². The van der Waals surface area contributed by atoms with Gasteiger partial charge in [-0.3, -0.25) is 4.90 Å². The predicted octanol–water partition coefficient (Wildman–Crippen LogP) is 4.36. The number of hydrogen-bond acceptors (Lipinski definition) is 6. The van der Waals surface area contributed by atoms with Gasteiger partial charge in [0.15, 0.2) is 5.82 Å². The molecule has 0 amide bonds. The van der Waals surface area contributed by atoms with E-state index in [1.165, 1.54) is 16.1 Å². The van der Waals surface area contributed by atoms with E-state index >= 15 is 0 Å². The Bertz CT molecular complexity index is 954. The second-order valence-corrected chi connectivity index (χ2v) is 9.91. The molecule has 1 aliphatic rings. The molecule has 1 aliphatic heterocycles. The van der Waals surface area contributed by atoms with Crippen LogP contribution in [0.3, 0.4) is 0 Å². The van der Waals surface area contributed by atoms with Gasteiger partial charge in [0.25, 0.3) is 0 Å². The monoisotopic (exact) mass is 430 g/mol. The van der Waals surface area contributed by atoms with Crippen LogP contribution in [-0.4, -0.2) is 51.3 Å². The minimum absolute atomic E-state index is 0.0619. The molecule has 0 N–H and O–H groups in total. The van der Waals surface area contributed by atoms with Crippen molar-refractivity contribution in [3.8, 4) is 0 Å². The molecular formula is C21H27ClN6S. The minimum atomic E-state index is -0.173. The highest BCUT2D eigenvalue weighted by Crippen LogP contribution is 2.34. The Kier molecular flexibility index (Phi) is 5.64. The predicted molar refractivity (Wildman–Crippen MR) is 119 cm³/mol. The van der Waals surface area contributed by atoms with E-state index in [4.69, 9.17) is 11.6 Å². The van der Waals surface area contributed by atoms with Crippen molar-refractivity contribution in [2.24, 2.45) is 0 Å². The van der Waals surface area contributed by atoms with Crippen LogP contribution in [0.4, 0.5) is 5.69 Å². The summed E-state index contributed by atoms with van der Waals surface area (Å²) in [6, 6.07) is 10.5. The molecule has 3 aromatic rings. The summed E-state index contributed by atoms with van der Waals surface area (Å²) >= 11 is 8.01. The number of aryl methyl sites for hydroxylation is 1. The summed E-state index contributed by atoms with van der Waals surface area (Å²) in [6.07, 6.45) is 0. The number of thiophene rings is 1. The molecule has 0 saturated carbocycles. The molecule has 2 aromatic heterocycles. The molecule has 0 spiro atoms. The molecule has 0 unspecified atom stereocenters. The molecule has 0 aliphatic carbocycles. The lowest BCUT2D eigenvalue weighted by molar-refractivity contribution is 0.194. The van der Waals surface area contributed by atoms with Crippen molar-refractivity contribution >= 4 is 28.6 Å². The van der Waals surface area contributed by atoms with Crippen molar-refractivity contribution in [1.29, 1.82) is 0 Å². The lowest BCUT2D eigenvalue weighted by Crippen LogP contribution is -2.48. The molecule has 6 nitrogen and oxygen atoms in total. The highest BCUT2D eigenvalue weighted by molar-refractivity contribution is 7.10. The first-order valence-electron chi connectivity index (χ1n) is 9.92. The highest BCUT2D eigenvalue weighted by Gasteiger charge is 2.33. The Hall–Kier alpha value is -1.96. The SMILES string of the molecule is Cc1ccc(Cl)cc1N1CCN([C@@H](c2cccs2)c2nnnn2C(C)(C)C)CC1. The van der Waals surface area contributed by atoms with Crippen molar-refractivity contribution in [2.75, 3.05) is 31.1 Å². The lowest BCUT2D eigenvalue weighted by atomic mass is 10.1. The minimum Gasteiger partial charge on any atom is -0.369 e. The average Bonchev–Trinajstić information content (AvgIpc) is 3.37. The fourth-order valence-corrected chi connectivity index (χ4v) is 4.93. The Morgan fingerprint density at radius 1 is 1.10 bits per heavy atom. The van der Waals surface area contributed by atoms with E-state index < -0.39 is 0 Å². The zero-order valence-corrected chi connectivity index (χ0v) is 18.9. The first-order valence-corrected chi connectivity index (χ1v) is 11.2. The maximum atomic E-state index is 6.25. The number of halogens is 1. The fourth-order valence-electron chi connectivity index (χ4n) is 3.90. The topological polar surface area (TPSA) is 50.1 Å². The smallest absolute Gasteiger partial charge is 0.174 e. The van der Waals surface area contributed by atoms with Gasteiger partial charge in [0.2, 0.25) is 0 Å². The zero-order valence-electron chi connectivity index (χ0n) is 17.3. The lowest BCUT2D eigenvalue weighted by Gasteiger charge is -2.40. The Morgan fingerprint density at radius 3 is 2.52 bits per heavy atom. The van der Waals surface area contributed by atoms with Crippen LogP contribution in [0.5, 0.6) is 0 Å². The van der Waals surface area contributed by atoms with Gasteiger partial charge >= 0.3 is 0 Å². The van der Waals surface area contributed by atoms with E-state index in [2.05, 4.69) is 82.7 Å². The van der Waals surface area contributed by atoms with E-state index in [-0.39, 0.29) is 11.6 Å². The van der Waals surface area contributed by atoms with Crippen molar-refractivity contribution in [3.05, 3.63) is 57.0 Å². The Morgan fingerprint density at radius 2 is 1.86 bits per heavy atom. The third kappa shape index (κ3) is 4.17. The summed E-state index contributed by atoms with van der Waals surface area (Å²) < 4.78 is 1.96. The number of piperazine rings is 1. The normalized spacial score (nSPS) is 16.9. The molecule has 154 valence electrons. The van der Waals surface area contributed by atoms with Crippen LogP contribution in [0.2, 0.25) is 5.02 Å². The molecular weight excluding hydrogens is 404 g/mol. The molecule has 1 aromatic carbocycles. The molecule has 1 atom stereocenters. The third-order valence-corrected chi connectivity index (χ3v) is 6.54. The quantitative estimate of drug-likeness (QED) is 0.615. The number of benzene rings is 1. The average molecular weight is 431 g/mol. The fraction of sp³-hybridized carbons (Fsp3) is 0.476. The standard InChI is InChI=1S/C21H27ClN6S/c1-15-7-8-16(22)14-17(15)26-9-11-27(12-10-26)19(18-6-5-13-29-18)20-23-24-25-28(20)21(2,3)4/h5-8,13-14,19H,9-12H2,1-4H3/t19-/m0/s1. The van der Waals surface area contributed by atoms with Crippen LogP contribution in [0.1, 0.15) is 43.1 Å². The molecule has 0 bridgehead atoms. The summed E-state index contributed by atoms with van der Waals surface area (Å²) in [5.74, 6) is 0.910. The number of tetrazole rings is 1. The van der Waals surface area contributed by atoms with E-state index in [0.717, 1.165) is 37.0 Å². The number of nitrogens with zero attached hydrogens (tertiary/aromatic N) is 6. The molecule has 1 fully saturated rings. The maximum Gasteiger partial charge on any atom is 0.174 e. The van der Waals surface area contributed by atoms with Crippen LogP contribution in [0, 0.1) is 6.92 Å². The van der Waals surface area contributed by atoms with Crippen LogP contribution >= 0.6 is 22.9 Å². The Labute approximate surface area is 181 Å². The second-order valence-electron chi connectivity index (χ2n) is 8.49. The maximum absolute atomic E-state index is 6.25. The number of hydrogen-bond donors (Lipinski definition) is 0. The zero-order chi connectivity index (χ0) is 20.6. The van der Waals surface area contributed by atoms with Gasteiger partial charge in [0.1, 0.15) is 6.04 Å². The van der Waals surface area contributed by atoms with Crippen LogP contribution in [0.15, 0.2) is 35.7 Å². The first-order chi connectivity index (χ1) is 13.8. The molecule has 1 saturated heterocycles. The number of aromatic nitrogens is 4. The summed E-state index contributed by atoms with van der Waals surface area (Å²) in [4.78, 5) is 6.20. The molecule has 8 heteroatoms. The summed E-state index contributed by atoms with van der Waals surface area (Å²) in [5.41, 5.74) is 2.31. The largest absolute Gasteiger partial charge is 0.369 e. The molecule has 3 heterocycles. The van der Waals surface area contributed by atoms with Gasteiger partial charge in [-0.05, 0) is 67.3 Å².